The summed E-state index contributed by atoms with van der Waals surface area (Å²) >= 11 is 4.86. The topological polar surface area (TPSA) is 287 Å². The second-order valence-corrected chi connectivity index (χ2v) is 14.5. The van der Waals surface area contributed by atoms with Gasteiger partial charge in [0.25, 0.3) is 0 Å². The highest BCUT2D eigenvalue weighted by atomic mass is 127. The van der Waals surface area contributed by atoms with Crippen LogP contribution in [0.15, 0.2) is 48.5 Å². The highest BCUT2D eigenvalue weighted by molar-refractivity contribution is 14.1. The third-order valence-corrected chi connectivity index (χ3v) is 8.90. The van der Waals surface area contributed by atoms with Crippen molar-refractivity contribution in [3.8, 4) is 52.1 Å². The van der Waals surface area contributed by atoms with Crippen molar-refractivity contribution in [3.05, 3.63) is 89.3 Å². The highest BCUT2D eigenvalue weighted by Crippen LogP contribution is 2.32. The first-order chi connectivity index (χ1) is 25.9. The van der Waals surface area contributed by atoms with E-state index in [1.54, 1.807) is 18.2 Å². The Kier molecular flexibility index (Phi) is 24.8. The lowest BCUT2D eigenvalue weighted by atomic mass is 10.0. The molecule has 5 aromatic rings. The summed E-state index contributed by atoms with van der Waals surface area (Å²) in [5.41, 5.74) is 14.1. The molecule has 5 rings (SSSR count). The fourth-order valence-electron chi connectivity index (χ4n) is 5.63. The minimum atomic E-state index is -5.17. The zero-order valence-electron chi connectivity index (χ0n) is 33.4. The Morgan fingerprint density at radius 2 is 0.895 bits per heavy atom. The largest absolute Gasteiger partial charge is 0.759 e. The fourth-order valence-corrected chi connectivity index (χ4v) is 7.62. The predicted octanol–water partition coefficient (Wildman–Crippen LogP) is 3.48. The lowest BCUT2D eigenvalue weighted by molar-refractivity contribution is -0.722. The van der Waals surface area contributed by atoms with E-state index < -0.39 is 17.7 Å². The van der Waals surface area contributed by atoms with E-state index >= 15 is 0 Å². The van der Waals surface area contributed by atoms with Crippen molar-refractivity contribution >= 4 is 62.9 Å². The third-order valence-electron chi connectivity index (χ3n) is 6.96. The van der Waals surface area contributed by atoms with Crippen LogP contribution in [0.2, 0.25) is 0 Å². The molecule has 306 valence electrons. The van der Waals surface area contributed by atoms with E-state index in [1.165, 1.54) is 54.2 Å². The molecule has 0 unspecified atom stereocenters. The summed E-state index contributed by atoms with van der Waals surface area (Å²) in [5, 5.41) is 53.3. The molecule has 2 aromatic heterocycles. The van der Waals surface area contributed by atoms with Crippen LogP contribution >= 0.6 is 45.2 Å². The molecular formula is C36H46BI2N9O8S. The molecule has 0 bridgehead atoms. The Labute approximate surface area is 361 Å². The van der Waals surface area contributed by atoms with Gasteiger partial charge in [0, 0.05) is 87.5 Å². The lowest BCUT2D eigenvalue weighted by Gasteiger charge is -2.06. The zero-order chi connectivity index (χ0) is 43.7. The van der Waals surface area contributed by atoms with E-state index in [2.05, 4.69) is 145 Å². The number of halogens is 2. The molecule has 57 heavy (non-hydrogen) atoms. The maximum Gasteiger partial charge on any atom is 0.631 e. The second kappa shape index (κ2) is 25.8. The van der Waals surface area contributed by atoms with Crippen molar-refractivity contribution in [1.29, 1.82) is 15.8 Å². The standard InChI is InChI=1S/C30H32I2N6.3C2H3N.BH3O3.H2O4S.H2O/c1-17-12-19(3)25(20(4)13-17)37-29(31)27(35(7)33-37)23-10-9-11-24(16-23)28-30(32)38(34-36(28)8)26-21(5)14-18(2)15-22(26)6;3*1-2-3;2-1(3)4;1-5(2,3)4;/h9-16H,1-8H3;3*1H3;2-4H;(H2,1,2,3,4);1H2/q+2;;;;;;/p-2. The molecule has 2 heterocycles. The maximum atomic E-state index is 8.52. The number of nitriles is 3. The van der Waals surface area contributed by atoms with E-state index in [9.17, 15) is 0 Å². The van der Waals surface area contributed by atoms with Crippen LogP contribution in [0.25, 0.3) is 33.9 Å². The van der Waals surface area contributed by atoms with Gasteiger partial charge < -0.3 is 29.7 Å². The maximum absolute atomic E-state index is 8.52. The van der Waals surface area contributed by atoms with Crippen molar-refractivity contribution in [2.24, 2.45) is 14.1 Å². The number of hydrogen-bond donors (Lipinski definition) is 3. The van der Waals surface area contributed by atoms with Crippen LogP contribution in [0, 0.1) is 82.9 Å². The summed E-state index contributed by atoms with van der Waals surface area (Å²) in [6.07, 6.45) is 0. The molecule has 0 aliphatic carbocycles. The molecule has 0 aliphatic heterocycles. The van der Waals surface area contributed by atoms with E-state index in [-0.39, 0.29) is 5.48 Å². The first-order valence-electron chi connectivity index (χ1n) is 16.2. The lowest BCUT2D eigenvalue weighted by Crippen LogP contribution is -2.34. The van der Waals surface area contributed by atoms with Crippen LogP contribution in [0.1, 0.15) is 54.2 Å². The van der Waals surface area contributed by atoms with Gasteiger partial charge in [-0.15, -0.1) is 9.36 Å². The molecule has 0 fully saturated rings. The third kappa shape index (κ3) is 17.4. The molecule has 0 aliphatic rings. The molecule has 0 radical (unpaired) electrons. The Morgan fingerprint density at radius 3 is 1.12 bits per heavy atom. The van der Waals surface area contributed by atoms with Crippen LogP contribution in [0.5, 0.6) is 0 Å². The first kappa shape index (κ1) is 54.7. The van der Waals surface area contributed by atoms with Gasteiger partial charge in [0.2, 0.25) is 18.8 Å². The van der Waals surface area contributed by atoms with Gasteiger partial charge >= 0.3 is 7.32 Å². The van der Waals surface area contributed by atoms with E-state index in [0.29, 0.717) is 0 Å². The quantitative estimate of drug-likeness (QED) is 0.0767. The Hall–Kier alpha value is -4.36. The van der Waals surface area contributed by atoms with Crippen molar-refractivity contribution in [1.82, 2.24) is 19.8 Å². The second-order valence-electron chi connectivity index (χ2n) is 11.6. The van der Waals surface area contributed by atoms with Gasteiger partial charge in [-0.1, -0.05) is 63.0 Å². The van der Waals surface area contributed by atoms with E-state index in [0.717, 1.165) is 41.3 Å². The van der Waals surface area contributed by atoms with Gasteiger partial charge in [0.1, 0.15) is 14.1 Å². The molecule has 3 aromatic carbocycles. The molecule has 0 amide bonds. The smallest absolute Gasteiger partial charge is 0.631 e. The summed E-state index contributed by atoms with van der Waals surface area (Å²) in [5.74, 6) is 0. The van der Waals surface area contributed by atoms with Gasteiger partial charge in [-0.05, 0) is 69.9 Å². The van der Waals surface area contributed by atoms with Crippen molar-refractivity contribution in [2.45, 2.75) is 62.3 Å². The highest BCUT2D eigenvalue weighted by Gasteiger charge is 2.30. The normalized spacial score (nSPS) is 9.53. The number of benzene rings is 3. The summed E-state index contributed by atoms with van der Waals surface area (Å²) in [6.45, 7) is 17.2. The van der Waals surface area contributed by atoms with Crippen LogP contribution in [-0.4, -0.2) is 65.2 Å². The number of aromatic nitrogens is 6. The summed E-state index contributed by atoms with van der Waals surface area (Å²) < 4.78 is 44.3. The predicted molar refractivity (Wildman–Crippen MR) is 228 cm³/mol. The number of rotatable bonds is 4. The average molecular weight is 1030 g/mol. The van der Waals surface area contributed by atoms with E-state index in [4.69, 9.17) is 58.8 Å². The molecule has 5 N–H and O–H groups in total. The minimum absolute atomic E-state index is 0. The first-order valence-corrected chi connectivity index (χ1v) is 19.6. The number of aryl methyl sites for hydroxylation is 8. The van der Waals surface area contributed by atoms with Gasteiger partial charge in [0.05, 0.1) is 28.6 Å². The summed E-state index contributed by atoms with van der Waals surface area (Å²) in [7, 11) is -3.30. The van der Waals surface area contributed by atoms with Crippen molar-refractivity contribution in [2.75, 3.05) is 0 Å². The monoisotopic (exact) mass is 1030 g/mol. The Bertz CT molecular complexity index is 2140. The fraction of sp³-hybridized carbons (Fsp3) is 0.306. The Morgan fingerprint density at radius 1 is 0.667 bits per heavy atom. The van der Waals surface area contributed by atoms with Crippen molar-refractivity contribution in [3.63, 3.8) is 0 Å². The zero-order valence-corrected chi connectivity index (χ0v) is 38.5. The van der Waals surface area contributed by atoms with Gasteiger partial charge in [-0.3, -0.25) is 8.42 Å². The number of hydrogen-bond acceptors (Lipinski definition) is 12. The minimum Gasteiger partial charge on any atom is -0.759 e. The summed E-state index contributed by atoms with van der Waals surface area (Å²) in [4.78, 5) is 0. The van der Waals surface area contributed by atoms with Crippen molar-refractivity contribution < 1.29 is 47.4 Å². The van der Waals surface area contributed by atoms with Gasteiger partial charge in [-0.25, -0.2) is 0 Å². The van der Waals surface area contributed by atoms with Crippen LogP contribution < -0.4 is 9.36 Å². The molecular weight excluding hydrogens is 983 g/mol. The average Bonchev–Trinajstić information content (AvgIpc) is 3.49. The van der Waals surface area contributed by atoms with E-state index in [1.807, 2.05) is 23.5 Å². The number of nitrogens with zero attached hydrogens (tertiary/aromatic N) is 9. The SMILES string of the molecule is CC#N.CC#N.CC#N.Cc1cc(C)c(-n2n[n+](C)c(-c3cccc(-c4c(I)n(-c5c(C)cc(C)cc5C)n[n+]4C)c3)c2I)c(C)c1.O.O=S(=O)([O-])[O-].OB(O)O. The van der Waals surface area contributed by atoms with Crippen LogP contribution in [0.4, 0.5) is 0 Å². The summed E-state index contributed by atoms with van der Waals surface area (Å²) in [6, 6.07) is 22.8. The van der Waals surface area contributed by atoms with Gasteiger partial charge in [-0.2, -0.15) is 15.8 Å². The molecule has 0 saturated heterocycles. The molecule has 0 atom stereocenters. The van der Waals surface area contributed by atoms with Crippen LogP contribution in [-0.2, 0) is 24.5 Å². The molecule has 0 saturated carbocycles. The van der Waals surface area contributed by atoms with Crippen LogP contribution in [0.3, 0.4) is 0 Å². The molecule has 0 spiro atoms. The Balaban J connectivity index is 0. The molecule has 17 nitrogen and oxygen atoms in total. The molecule has 21 heteroatoms. The van der Waals surface area contributed by atoms with Gasteiger partial charge in [0.15, 0.2) is 11.4 Å².